The normalized spacial score (nSPS) is 26.7. The van der Waals surface area contributed by atoms with Crippen LogP contribution in [0.25, 0.3) is 0 Å². The molecule has 0 bridgehead atoms. The summed E-state index contributed by atoms with van der Waals surface area (Å²) in [5, 5.41) is 50.0. The van der Waals surface area contributed by atoms with E-state index in [0.717, 1.165) is 13.8 Å². The average Bonchev–Trinajstić information content (AvgIpc) is 2.77. The van der Waals surface area contributed by atoms with Crippen LogP contribution in [0.15, 0.2) is 0 Å². The van der Waals surface area contributed by atoms with Gasteiger partial charge in [-0.15, -0.1) is 0 Å². The molecule has 16 nitrogen and oxygen atoms in total. The lowest BCUT2D eigenvalue weighted by Crippen LogP contribution is -2.70. The van der Waals surface area contributed by atoms with Crippen molar-refractivity contribution in [3.8, 4) is 0 Å². The molecule has 35 heavy (non-hydrogen) atoms. The number of nitrogens with two attached hydrogens (primary N) is 2. The Balaban J connectivity index is 3.27. The quantitative estimate of drug-likeness (QED) is 0.116. The summed E-state index contributed by atoms with van der Waals surface area (Å²) in [6, 6.07) is -4.64. The molecule has 0 aliphatic carbocycles. The highest BCUT2D eigenvalue weighted by Gasteiger charge is 2.50. The SMILES string of the molecule is CC(=O)N(C1O[C@H](CO)[C@@H](O)[C@H](O[C@H](C)C(=O)O)[C@H]1N)[C@@H](CO)C(=O)N[C@@H](CCC(=O)O)C(N)=O. The van der Waals surface area contributed by atoms with Crippen LogP contribution in [0.1, 0.15) is 26.7 Å². The van der Waals surface area contributed by atoms with E-state index in [1.807, 2.05) is 0 Å². The molecule has 0 aromatic rings. The highest BCUT2D eigenvalue weighted by atomic mass is 16.6. The molecule has 8 atom stereocenters. The summed E-state index contributed by atoms with van der Waals surface area (Å²) in [5.41, 5.74) is 11.3. The van der Waals surface area contributed by atoms with Crippen molar-refractivity contribution < 1.29 is 59.0 Å². The van der Waals surface area contributed by atoms with Gasteiger partial charge in [-0.3, -0.25) is 19.2 Å². The van der Waals surface area contributed by atoms with E-state index in [9.17, 15) is 39.3 Å². The van der Waals surface area contributed by atoms with Crippen molar-refractivity contribution in [2.24, 2.45) is 11.5 Å². The molecule has 1 fully saturated rings. The van der Waals surface area contributed by atoms with Crippen LogP contribution in [0, 0.1) is 0 Å². The van der Waals surface area contributed by atoms with Gasteiger partial charge in [0.05, 0.1) is 19.3 Å². The zero-order valence-electron chi connectivity index (χ0n) is 19.1. The van der Waals surface area contributed by atoms with E-state index in [-0.39, 0.29) is 6.42 Å². The largest absolute Gasteiger partial charge is 0.481 e. The Hall–Kier alpha value is -2.89. The van der Waals surface area contributed by atoms with Gasteiger partial charge >= 0.3 is 11.9 Å². The number of aliphatic hydroxyl groups excluding tert-OH is 3. The van der Waals surface area contributed by atoms with Gasteiger partial charge in [0.1, 0.15) is 30.4 Å². The molecule has 1 saturated heterocycles. The van der Waals surface area contributed by atoms with Gasteiger partial charge in [-0.25, -0.2) is 4.79 Å². The smallest absolute Gasteiger partial charge is 0.332 e. The van der Waals surface area contributed by atoms with Crippen LogP contribution in [0.3, 0.4) is 0 Å². The first-order chi connectivity index (χ1) is 16.3. The Morgan fingerprint density at radius 3 is 2.20 bits per heavy atom. The second kappa shape index (κ2) is 13.3. The third kappa shape index (κ3) is 7.81. The summed E-state index contributed by atoms with van der Waals surface area (Å²) in [4.78, 5) is 59.7. The van der Waals surface area contributed by atoms with Crippen molar-refractivity contribution in [3.63, 3.8) is 0 Å². The Kier molecular flexibility index (Phi) is 11.4. The lowest BCUT2D eigenvalue weighted by atomic mass is 9.94. The molecule has 1 heterocycles. The molecule has 1 unspecified atom stereocenters. The number of hydrogen-bond donors (Lipinski definition) is 8. The minimum absolute atomic E-state index is 0.365. The minimum atomic E-state index is -1.73. The van der Waals surface area contributed by atoms with Crippen LogP contribution in [-0.2, 0) is 33.4 Å². The van der Waals surface area contributed by atoms with Crippen molar-refractivity contribution in [2.45, 2.75) is 75.5 Å². The van der Waals surface area contributed by atoms with Gasteiger partial charge in [0, 0.05) is 13.3 Å². The van der Waals surface area contributed by atoms with E-state index in [4.69, 9.17) is 31.2 Å². The molecule has 200 valence electrons. The second-order valence-electron chi connectivity index (χ2n) is 7.92. The van der Waals surface area contributed by atoms with Crippen LogP contribution < -0.4 is 16.8 Å². The molecule has 1 aliphatic heterocycles. The number of primary amides is 1. The number of amides is 3. The summed E-state index contributed by atoms with van der Waals surface area (Å²) in [6.45, 7) is 0.350. The topological polar surface area (TPSA) is 272 Å². The van der Waals surface area contributed by atoms with Crippen molar-refractivity contribution >= 4 is 29.7 Å². The van der Waals surface area contributed by atoms with Crippen LogP contribution in [0.5, 0.6) is 0 Å². The fourth-order valence-corrected chi connectivity index (χ4v) is 3.51. The van der Waals surface area contributed by atoms with Crippen LogP contribution >= 0.6 is 0 Å². The highest BCUT2D eigenvalue weighted by molar-refractivity contribution is 5.91. The third-order valence-electron chi connectivity index (χ3n) is 5.39. The lowest BCUT2D eigenvalue weighted by molar-refractivity contribution is -0.246. The van der Waals surface area contributed by atoms with Gasteiger partial charge in [0.15, 0.2) is 12.3 Å². The number of hydrogen-bond acceptors (Lipinski definition) is 11. The number of carbonyl (C=O) groups excluding carboxylic acids is 3. The molecule has 0 saturated carbocycles. The number of carboxylic acid groups (broad SMARTS) is 2. The molecular weight excluding hydrogens is 476 g/mol. The van der Waals surface area contributed by atoms with Crippen molar-refractivity contribution in [1.29, 1.82) is 0 Å². The molecular formula is C19H32N4O12. The molecule has 10 N–H and O–H groups in total. The molecule has 3 amide bonds. The predicted octanol–water partition coefficient (Wildman–Crippen LogP) is -4.71. The number of carboxylic acids is 2. The maximum Gasteiger partial charge on any atom is 0.332 e. The van der Waals surface area contributed by atoms with Gasteiger partial charge in [0.25, 0.3) is 0 Å². The number of ether oxygens (including phenoxy) is 2. The predicted molar refractivity (Wildman–Crippen MR) is 113 cm³/mol. The fourth-order valence-electron chi connectivity index (χ4n) is 3.51. The Morgan fingerprint density at radius 1 is 1.17 bits per heavy atom. The number of carbonyl (C=O) groups is 5. The minimum Gasteiger partial charge on any atom is -0.481 e. The van der Waals surface area contributed by atoms with E-state index in [0.29, 0.717) is 4.90 Å². The maximum absolute atomic E-state index is 12.9. The number of rotatable bonds is 13. The Morgan fingerprint density at radius 2 is 1.77 bits per heavy atom. The standard InChI is InChI=1S/C19H32N4O12/c1-7(19(32)33)34-15-13(20)18(35-11(6-25)14(15)29)23(8(2)26)10(5-24)17(31)22-9(16(21)30)3-4-12(27)28/h7,9-11,13-15,18,24-25,29H,3-6,20H2,1-2H3,(H2,21,30)(H,22,31)(H,27,28)(H,32,33)/t7-,9+,10+,11-,13-,14-,15-,18?/m1/s1. The molecule has 0 aromatic heterocycles. The summed E-state index contributed by atoms with van der Waals surface area (Å²) in [5.74, 6) is -5.67. The number of nitrogens with zero attached hydrogens (tertiary/aromatic N) is 1. The molecule has 16 heteroatoms. The van der Waals surface area contributed by atoms with E-state index < -0.39 is 98.1 Å². The maximum atomic E-state index is 12.9. The third-order valence-corrected chi connectivity index (χ3v) is 5.39. The van der Waals surface area contributed by atoms with Crippen molar-refractivity contribution in [2.75, 3.05) is 13.2 Å². The summed E-state index contributed by atoms with van der Waals surface area (Å²) < 4.78 is 10.8. The van der Waals surface area contributed by atoms with E-state index >= 15 is 0 Å². The monoisotopic (exact) mass is 508 g/mol. The van der Waals surface area contributed by atoms with Gasteiger partial charge in [0.2, 0.25) is 17.7 Å². The average molecular weight is 508 g/mol. The van der Waals surface area contributed by atoms with Gasteiger partial charge < -0.3 is 56.7 Å². The second-order valence-corrected chi connectivity index (χ2v) is 7.92. The summed E-state index contributed by atoms with van der Waals surface area (Å²) >= 11 is 0. The van der Waals surface area contributed by atoms with Gasteiger partial charge in [-0.1, -0.05) is 0 Å². The summed E-state index contributed by atoms with van der Waals surface area (Å²) in [7, 11) is 0. The van der Waals surface area contributed by atoms with Gasteiger partial charge in [-0.2, -0.15) is 0 Å². The summed E-state index contributed by atoms with van der Waals surface area (Å²) in [6.07, 6.45) is -8.44. The van der Waals surface area contributed by atoms with Gasteiger partial charge in [-0.05, 0) is 13.3 Å². The Bertz CT molecular complexity index is 796. The Labute approximate surface area is 199 Å². The van der Waals surface area contributed by atoms with Crippen LogP contribution in [-0.4, -0.2) is 122 Å². The number of aliphatic hydroxyl groups is 3. The first-order valence-electron chi connectivity index (χ1n) is 10.6. The first kappa shape index (κ1) is 30.1. The first-order valence-corrected chi connectivity index (χ1v) is 10.6. The van der Waals surface area contributed by atoms with Crippen molar-refractivity contribution in [1.82, 2.24) is 10.2 Å². The molecule has 0 radical (unpaired) electrons. The lowest BCUT2D eigenvalue weighted by Gasteiger charge is -2.48. The molecule has 1 aliphatic rings. The molecule has 1 rings (SSSR count). The van der Waals surface area contributed by atoms with E-state index in [1.54, 1.807) is 0 Å². The van der Waals surface area contributed by atoms with Crippen LogP contribution in [0.2, 0.25) is 0 Å². The number of nitrogens with one attached hydrogen (secondary N) is 1. The van der Waals surface area contributed by atoms with Crippen LogP contribution in [0.4, 0.5) is 0 Å². The van der Waals surface area contributed by atoms with E-state index in [2.05, 4.69) is 5.32 Å². The highest BCUT2D eigenvalue weighted by Crippen LogP contribution is 2.27. The zero-order valence-corrected chi connectivity index (χ0v) is 19.1. The van der Waals surface area contributed by atoms with Crippen molar-refractivity contribution in [3.05, 3.63) is 0 Å². The molecule has 0 aromatic carbocycles. The van der Waals surface area contributed by atoms with E-state index in [1.165, 1.54) is 0 Å². The fraction of sp³-hybridized carbons (Fsp3) is 0.737. The zero-order chi connectivity index (χ0) is 27.0. The molecule has 0 spiro atoms. The number of aliphatic carboxylic acids is 2.